The molecular formula is C16H11Cl2N3O4. The van der Waals surface area contributed by atoms with Gasteiger partial charge in [-0.05, 0) is 23.8 Å². The first-order valence-electron chi connectivity index (χ1n) is 7.14. The quantitative estimate of drug-likeness (QED) is 0.720. The summed E-state index contributed by atoms with van der Waals surface area (Å²) in [5, 5.41) is 23.4. The van der Waals surface area contributed by atoms with E-state index in [0.717, 1.165) is 0 Å². The molecule has 3 aromatic rings. The molecule has 0 unspecified atom stereocenters. The van der Waals surface area contributed by atoms with Crippen molar-refractivity contribution in [1.29, 1.82) is 0 Å². The molecule has 7 nitrogen and oxygen atoms in total. The Morgan fingerprint density at radius 2 is 1.88 bits per heavy atom. The molecule has 0 bridgehead atoms. The number of rotatable bonds is 4. The van der Waals surface area contributed by atoms with Crippen LogP contribution < -0.4 is 10.8 Å². The number of pyridine rings is 1. The zero-order valence-electron chi connectivity index (χ0n) is 12.6. The van der Waals surface area contributed by atoms with Crippen LogP contribution >= 0.6 is 23.2 Å². The van der Waals surface area contributed by atoms with Gasteiger partial charge in [0.05, 0.1) is 16.5 Å². The molecule has 3 rings (SSSR count). The largest absolute Gasteiger partial charge is 0.510 e. The third-order valence-electron chi connectivity index (χ3n) is 3.59. The molecule has 0 spiro atoms. The Morgan fingerprint density at radius 1 is 1.12 bits per heavy atom. The summed E-state index contributed by atoms with van der Waals surface area (Å²) in [6, 6.07) is 6.18. The van der Waals surface area contributed by atoms with Gasteiger partial charge in [0.15, 0.2) is 11.0 Å². The van der Waals surface area contributed by atoms with E-state index in [2.05, 4.69) is 10.1 Å². The Morgan fingerprint density at radius 3 is 2.56 bits per heavy atom. The Kier molecular flexibility index (Phi) is 4.61. The molecule has 0 saturated heterocycles. The minimum absolute atomic E-state index is 0.113. The highest BCUT2D eigenvalue weighted by molar-refractivity contribution is 6.42. The van der Waals surface area contributed by atoms with Crippen LogP contribution in [-0.2, 0) is 4.79 Å². The summed E-state index contributed by atoms with van der Waals surface area (Å²) in [7, 11) is 0. The molecule has 9 heteroatoms. The molecule has 0 aliphatic heterocycles. The average molecular weight is 380 g/mol. The molecule has 0 aliphatic rings. The number of fused-ring (bicyclic) bond motifs is 1. The molecule has 25 heavy (non-hydrogen) atoms. The molecule has 2 heterocycles. The van der Waals surface area contributed by atoms with E-state index in [-0.39, 0.29) is 23.9 Å². The monoisotopic (exact) mass is 379 g/mol. The van der Waals surface area contributed by atoms with Gasteiger partial charge in [0, 0.05) is 12.0 Å². The van der Waals surface area contributed by atoms with Gasteiger partial charge in [0.1, 0.15) is 12.1 Å². The molecule has 0 atom stereocenters. The van der Waals surface area contributed by atoms with Crippen molar-refractivity contribution in [2.24, 2.45) is 0 Å². The normalized spacial score (nSPS) is 12.4. The van der Waals surface area contributed by atoms with Gasteiger partial charge >= 0.3 is 5.97 Å². The lowest BCUT2D eigenvalue weighted by molar-refractivity contribution is -0.136. The third-order valence-corrected chi connectivity index (χ3v) is 4.33. The number of halogens is 2. The second-order valence-corrected chi connectivity index (χ2v) is 6.05. The summed E-state index contributed by atoms with van der Waals surface area (Å²) in [5.74, 6) is -1.44. The lowest BCUT2D eigenvalue weighted by Gasteiger charge is -2.06. The highest BCUT2D eigenvalue weighted by Gasteiger charge is 2.14. The van der Waals surface area contributed by atoms with Crippen LogP contribution in [0.5, 0.6) is 0 Å². The molecular weight excluding hydrogens is 369 g/mol. The number of aliphatic hydroxyl groups excluding tert-OH is 1. The van der Waals surface area contributed by atoms with Gasteiger partial charge in [-0.3, -0.25) is 9.59 Å². The van der Waals surface area contributed by atoms with E-state index in [1.165, 1.54) is 16.9 Å². The van der Waals surface area contributed by atoms with Gasteiger partial charge in [0.2, 0.25) is 5.43 Å². The van der Waals surface area contributed by atoms with E-state index < -0.39 is 11.4 Å². The van der Waals surface area contributed by atoms with Crippen LogP contribution in [0, 0.1) is 0 Å². The van der Waals surface area contributed by atoms with E-state index in [1.807, 2.05) is 0 Å². The van der Waals surface area contributed by atoms with E-state index in [1.54, 1.807) is 18.2 Å². The predicted octanol–water partition coefficient (Wildman–Crippen LogP) is 2.31. The summed E-state index contributed by atoms with van der Waals surface area (Å²) in [6.07, 6.45) is 0.742. The first kappa shape index (κ1) is 17.2. The molecule has 0 aliphatic carbocycles. The molecule has 2 N–H and O–H groups in total. The minimum atomic E-state index is -1.08. The lowest BCUT2D eigenvalue weighted by Crippen LogP contribution is -2.34. The fourth-order valence-electron chi connectivity index (χ4n) is 2.44. The van der Waals surface area contributed by atoms with Crippen molar-refractivity contribution in [2.75, 3.05) is 0 Å². The van der Waals surface area contributed by atoms with Crippen molar-refractivity contribution in [3.63, 3.8) is 0 Å². The number of aliphatic hydroxyl groups is 1. The second-order valence-electron chi connectivity index (χ2n) is 5.24. The number of aliphatic carboxylic acids is 1. The number of benzene rings is 1. The van der Waals surface area contributed by atoms with Gasteiger partial charge in [-0.1, -0.05) is 29.3 Å². The maximum Gasteiger partial charge on any atom is 0.303 e. The number of hydrogen-bond donors (Lipinski definition) is 2. The highest BCUT2D eigenvalue weighted by Crippen LogP contribution is 2.29. The van der Waals surface area contributed by atoms with Crippen LogP contribution in [0.3, 0.4) is 0 Å². The average Bonchev–Trinajstić information content (AvgIpc) is 3.03. The molecule has 0 radical (unpaired) electrons. The van der Waals surface area contributed by atoms with Gasteiger partial charge in [-0.25, -0.2) is 9.50 Å². The number of nitrogens with zero attached hydrogens (tertiary/aromatic N) is 3. The molecule has 0 fully saturated rings. The Bertz CT molecular complexity index is 1090. The van der Waals surface area contributed by atoms with Crippen LogP contribution in [0.2, 0.25) is 10.0 Å². The summed E-state index contributed by atoms with van der Waals surface area (Å²) in [4.78, 5) is 27.3. The van der Waals surface area contributed by atoms with Gasteiger partial charge in [-0.15, -0.1) is 0 Å². The number of aromatic nitrogens is 3. The van der Waals surface area contributed by atoms with E-state index in [4.69, 9.17) is 28.3 Å². The number of carboxylic acid groups (broad SMARTS) is 1. The number of carboxylic acids is 1. The maximum atomic E-state index is 12.5. The smallest absolute Gasteiger partial charge is 0.303 e. The second kappa shape index (κ2) is 6.70. The minimum Gasteiger partial charge on any atom is -0.510 e. The van der Waals surface area contributed by atoms with Crippen LogP contribution in [0.1, 0.15) is 12.8 Å². The first-order valence-corrected chi connectivity index (χ1v) is 7.90. The van der Waals surface area contributed by atoms with Gasteiger partial charge in [0.25, 0.3) is 0 Å². The Labute approximate surface area is 150 Å². The standard InChI is InChI=1S/C16H11Cl2N3O4/c17-10-2-1-8(5-11(10)18)9-6-13(23)15(12(22)3-4-14(24)25)21-16(9)19-7-20-21/h1-2,5-7,22H,3-4H2,(H,24,25). The lowest BCUT2D eigenvalue weighted by atomic mass is 10.1. The fraction of sp³-hybridized carbons (Fsp3) is 0.125. The van der Waals surface area contributed by atoms with Crippen LogP contribution in [0.15, 0.2) is 35.4 Å². The Balaban J connectivity index is 2.26. The van der Waals surface area contributed by atoms with E-state index >= 15 is 0 Å². The summed E-state index contributed by atoms with van der Waals surface area (Å²) >= 11 is 11.9. The Hall–Kier alpha value is -2.64. The molecule has 2 aromatic heterocycles. The zero-order valence-corrected chi connectivity index (χ0v) is 14.1. The van der Waals surface area contributed by atoms with Crippen molar-refractivity contribution >= 4 is 40.6 Å². The van der Waals surface area contributed by atoms with Crippen LogP contribution in [0.25, 0.3) is 22.5 Å². The van der Waals surface area contributed by atoms with Crippen molar-refractivity contribution in [3.8, 4) is 11.1 Å². The van der Waals surface area contributed by atoms with E-state index in [9.17, 15) is 14.7 Å². The van der Waals surface area contributed by atoms with Crippen molar-refractivity contribution in [3.05, 3.63) is 56.2 Å². The summed E-state index contributed by atoms with van der Waals surface area (Å²) in [5.41, 5.74) is 0.897. The summed E-state index contributed by atoms with van der Waals surface area (Å²) in [6.45, 7) is 0. The third kappa shape index (κ3) is 3.29. The molecule has 0 saturated carbocycles. The van der Waals surface area contributed by atoms with Crippen molar-refractivity contribution in [2.45, 2.75) is 12.8 Å². The van der Waals surface area contributed by atoms with Crippen LogP contribution in [-0.4, -0.2) is 30.8 Å². The molecule has 1 aromatic carbocycles. The summed E-state index contributed by atoms with van der Waals surface area (Å²) < 4.78 is 1.19. The first-order chi connectivity index (χ1) is 11.9. The fourth-order valence-corrected chi connectivity index (χ4v) is 2.74. The topological polar surface area (TPSA) is 105 Å². The zero-order chi connectivity index (χ0) is 18.1. The van der Waals surface area contributed by atoms with Gasteiger partial charge in [-0.2, -0.15) is 5.10 Å². The van der Waals surface area contributed by atoms with Crippen LogP contribution in [0.4, 0.5) is 0 Å². The number of hydrogen-bond acceptors (Lipinski definition) is 5. The van der Waals surface area contributed by atoms with E-state index in [0.29, 0.717) is 26.8 Å². The highest BCUT2D eigenvalue weighted by atomic mass is 35.5. The predicted molar refractivity (Wildman–Crippen MR) is 92.8 cm³/mol. The maximum absolute atomic E-state index is 12.5. The SMILES string of the molecule is O=C(O)CCC(O)=c1c(=O)cc(-c2ccc(Cl)c(Cl)c2)c2ncnn12. The molecule has 128 valence electrons. The van der Waals surface area contributed by atoms with Crippen molar-refractivity contribution < 1.29 is 15.0 Å². The molecule has 0 amide bonds. The number of carbonyl (C=O) groups is 1. The van der Waals surface area contributed by atoms with Crippen molar-refractivity contribution in [1.82, 2.24) is 14.6 Å². The van der Waals surface area contributed by atoms with Gasteiger partial charge < -0.3 is 10.2 Å².